The highest BCUT2D eigenvalue weighted by atomic mass is 32.1. The number of carbonyl (C=O) groups excluding carboxylic acids is 1. The van der Waals surface area contributed by atoms with Crippen molar-refractivity contribution < 1.29 is 4.79 Å². The summed E-state index contributed by atoms with van der Waals surface area (Å²) in [5, 5.41) is 13.1. The number of thiophene rings is 1. The van der Waals surface area contributed by atoms with Crippen LogP contribution in [0.3, 0.4) is 0 Å². The van der Waals surface area contributed by atoms with Gasteiger partial charge in [-0.2, -0.15) is 5.10 Å². The fraction of sp³-hybridized carbons (Fsp3) is 0.217. The van der Waals surface area contributed by atoms with Crippen molar-refractivity contribution in [3.05, 3.63) is 75.5 Å². The molecule has 2 amide bonds. The van der Waals surface area contributed by atoms with Crippen LogP contribution in [-0.2, 0) is 13.0 Å². The van der Waals surface area contributed by atoms with Gasteiger partial charge in [-0.25, -0.2) is 14.5 Å². The van der Waals surface area contributed by atoms with Gasteiger partial charge in [-0.3, -0.25) is 4.79 Å². The van der Waals surface area contributed by atoms with Gasteiger partial charge in [0.15, 0.2) is 0 Å². The molecule has 0 aliphatic carbocycles. The molecule has 0 fully saturated rings. The topological polar surface area (TPSA) is 88.9 Å². The van der Waals surface area contributed by atoms with E-state index >= 15 is 0 Å². The van der Waals surface area contributed by atoms with Gasteiger partial charge in [0, 0.05) is 18.3 Å². The van der Waals surface area contributed by atoms with E-state index in [1.54, 1.807) is 28.7 Å². The van der Waals surface area contributed by atoms with E-state index in [1.807, 2.05) is 55.6 Å². The lowest BCUT2D eigenvalue weighted by molar-refractivity contribution is 0.251. The molecule has 3 aromatic heterocycles. The maximum absolute atomic E-state index is 12.3. The monoisotopic (exact) mass is 465 g/mol. The molecule has 0 saturated heterocycles. The minimum atomic E-state index is -0.311. The zero-order chi connectivity index (χ0) is 22.5. The van der Waals surface area contributed by atoms with Crippen LogP contribution >= 0.6 is 22.7 Å². The van der Waals surface area contributed by atoms with E-state index in [-0.39, 0.29) is 24.7 Å². The molecular formula is C23H23N5O2S2. The molecule has 4 aromatic rings. The number of nitrogens with zero attached hydrogens (tertiary/aromatic N) is 3. The molecule has 0 spiro atoms. The van der Waals surface area contributed by atoms with E-state index < -0.39 is 0 Å². The van der Waals surface area contributed by atoms with Crippen LogP contribution < -0.4 is 16.2 Å². The number of carbonyl (C=O) groups is 1. The third kappa shape index (κ3) is 4.95. The molecule has 4 rings (SSSR count). The van der Waals surface area contributed by atoms with E-state index in [9.17, 15) is 9.59 Å². The van der Waals surface area contributed by atoms with Gasteiger partial charge < -0.3 is 10.6 Å². The summed E-state index contributed by atoms with van der Waals surface area (Å²) in [6.07, 6.45) is 0.827. The van der Waals surface area contributed by atoms with E-state index in [2.05, 4.69) is 20.7 Å². The van der Waals surface area contributed by atoms with Crippen molar-refractivity contribution in [2.75, 3.05) is 11.9 Å². The number of aryl methyl sites for hydroxylation is 2. The number of nitrogens with one attached hydrogen (secondary N) is 2. The number of para-hydroxylation sites is 1. The number of hydrogen-bond acceptors (Lipinski definition) is 6. The zero-order valence-electron chi connectivity index (χ0n) is 17.8. The molecule has 1 aromatic carbocycles. The van der Waals surface area contributed by atoms with Crippen molar-refractivity contribution in [2.24, 2.45) is 0 Å². The summed E-state index contributed by atoms with van der Waals surface area (Å²) < 4.78 is 1.37. The molecule has 0 saturated carbocycles. The summed E-state index contributed by atoms with van der Waals surface area (Å²) in [7, 11) is 0. The van der Waals surface area contributed by atoms with Crippen LogP contribution in [0, 0.1) is 6.92 Å². The van der Waals surface area contributed by atoms with Gasteiger partial charge in [-0.1, -0.05) is 31.2 Å². The molecule has 0 radical (unpaired) electrons. The Morgan fingerprint density at radius 3 is 2.75 bits per heavy atom. The van der Waals surface area contributed by atoms with Gasteiger partial charge in [0.05, 0.1) is 22.0 Å². The fourth-order valence-electron chi connectivity index (χ4n) is 3.26. The third-order valence-electron chi connectivity index (χ3n) is 4.88. The van der Waals surface area contributed by atoms with Crippen LogP contribution in [0.15, 0.2) is 58.7 Å². The van der Waals surface area contributed by atoms with E-state index in [4.69, 9.17) is 0 Å². The Morgan fingerprint density at radius 1 is 1.12 bits per heavy atom. The lowest BCUT2D eigenvalue weighted by atomic mass is 10.1. The highest BCUT2D eigenvalue weighted by molar-refractivity contribution is 7.23. The maximum atomic E-state index is 12.3. The Kier molecular flexibility index (Phi) is 6.77. The summed E-state index contributed by atoms with van der Waals surface area (Å²) in [5.41, 5.74) is 3.21. The van der Waals surface area contributed by atoms with Crippen molar-refractivity contribution in [3.8, 4) is 20.5 Å². The van der Waals surface area contributed by atoms with Gasteiger partial charge >= 0.3 is 6.03 Å². The number of anilines is 1. The average Bonchev–Trinajstić information content (AvgIpc) is 3.45. The first-order valence-corrected chi connectivity index (χ1v) is 12.0. The lowest BCUT2D eigenvalue weighted by Gasteiger charge is -2.11. The van der Waals surface area contributed by atoms with Crippen molar-refractivity contribution in [3.63, 3.8) is 0 Å². The number of thiazole rings is 1. The van der Waals surface area contributed by atoms with Gasteiger partial charge in [-0.05, 0) is 42.5 Å². The highest BCUT2D eigenvalue weighted by Crippen LogP contribution is 2.35. The third-order valence-corrected chi connectivity index (χ3v) is 7.10. The summed E-state index contributed by atoms with van der Waals surface area (Å²) in [6, 6.07) is 14.6. The minimum absolute atomic E-state index is 0.215. The van der Waals surface area contributed by atoms with E-state index in [0.29, 0.717) is 5.69 Å². The SMILES string of the molecule is CCc1ccccc1NC(=O)NCCn1nc(-c2sc(-c3cccs3)nc2C)ccc1=O. The van der Waals surface area contributed by atoms with Crippen molar-refractivity contribution in [1.82, 2.24) is 20.1 Å². The van der Waals surface area contributed by atoms with Crippen LogP contribution in [0.5, 0.6) is 0 Å². The Morgan fingerprint density at radius 2 is 1.97 bits per heavy atom. The first-order chi connectivity index (χ1) is 15.5. The number of urea groups is 1. The molecule has 3 heterocycles. The number of amides is 2. The second-order valence-corrected chi connectivity index (χ2v) is 9.03. The molecule has 7 nitrogen and oxygen atoms in total. The number of hydrogen-bond donors (Lipinski definition) is 2. The summed E-state index contributed by atoms with van der Waals surface area (Å²) in [5.74, 6) is 0. The molecule has 0 unspecified atom stereocenters. The average molecular weight is 466 g/mol. The second-order valence-electron chi connectivity index (χ2n) is 7.08. The van der Waals surface area contributed by atoms with Gasteiger partial charge in [0.1, 0.15) is 10.7 Å². The Labute approximate surface area is 193 Å². The van der Waals surface area contributed by atoms with Crippen molar-refractivity contribution in [2.45, 2.75) is 26.8 Å². The van der Waals surface area contributed by atoms with E-state index in [1.165, 1.54) is 10.7 Å². The minimum Gasteiger partial charge on any atom is -0.336 e. The predicted octanol–water partition coefficient (Wildman–Crippen LogP) is 4.79. The Hall–Kier alpha value is -3.30. The molecular weight excluding hydrogens is 442 g/mol. The van der Waals surface area contributed by atoms with E-state index in [0.717, 1.165) is 38.1 Å². The molecule has 164 valence electrons. The van der Waals surface area contributed by atoms with Crippen LogP contribution in [0.2, 0.25) is 0 Å². The molecule has 32 heavy (non-hydrogen) atoms. The van der Waals surface area contributed by atoms with Crippen LogP contribution in [-0.4, -0.2) is 27.3 Å². The fourth-order valence-corrected chi connectivity index (χ4v) is 5.09. The zero-order valence-corrected chi connectivity index (χ0v) is 19.4. The predicted molar refractivity (Wildman–Crippen MR) is 130 cm³/mol. The molecule has 2 N–H and O–H groups in total. The Bertz CT molecular complexity index is 1280. The lowest BCUT2D eigenvalue weighted by Crippen LogP contribution is -2.34. The first kappa shape index (κ1) is 21.9. The number of benzene rings is 1. The Balaban J connectivity index is 1.43. The molecule has 0 aliphatic heterocycles. The van der Waals surface area contributed by atoms with Crippen molar-refractivity contribution in [1.29, 1.82) is 0 Å². The maximum Gasteiger partial charge on any atom is 0.319 e. The highest BCUT2D eigenvalue weighted by Gasteiger charge is 2.14. The smallest absolute Gasteiger partial charge is 0.319 e. The number of aromatic nitrogens is 3. The molecule has 0 atom stereocenters. The first-order valence-electron chi connectivity index (χ1n) is 10.3. The second kappa shape index (κ2) is 9.88. The standard InChI is InChI=1S/C23H23N5O2S2/c1-3-16-7-4-5-8-17(16)26-23(30)24-12-13-28-20(29)11-10-18(27-28)21-15(2)25-22(32-21)19-9-6-14-31-19/h4-11,14H,3,12-13H2,1-2H3,(H2,24,26,30). The van der Waals surface area contributed by atoms with Gasteiger partial charge in [0.25, 0.3) is 5.56 Å². The van der Waals surface area contributed by atoms with Crippen LogP contribution in [0.25, 0.3) is 20.5 Å². The van der Waals surface area contributed by atoms with Gasteiger partial charge in [-0.15, -0.1) is 22.7 Å². The largest absolute Gasteiger partial charge is 0.336 e. The quantitative estimate of drug-likeness (QED) is 0.411. The van der Waals surface area contributed by atoms with Crippen LogP contribution in [0.1, 0.15) is 18.2 Å². The van der Waals surface area contributed by atoms with Gasteiger partial charge in [0.2, 0.25) is 0 Å². The van der Waals surface area contributed by atoms with Crippen molar-refractivity contribution >= 4 is 34.4 Å². The normalized spacial score (nSPS) is 10.8. The molecule has 0 bridgehead atoms. The summed E-state index contributed by atoms with van der Waals surface area (Å²) in [6.45, 7) is 4.53. The van der Waals surface area contributed by atoms with Crippen LogP contribution in [0.4, 0.5) is 10.5 Å². The summed E-state index contributed by atoms with van der Waals surface area (Å²) >= 11 is 3.20. The summed E-state index contributed by atoms with van der Waals surface area (Å²) in [4.78, 5) is 31.3. The molecule has 9 heteroatoms. The number of rotatable bonds is 7. The molecule has 0 aliphatic rings.